The molecular weight excluding hydrogens is 247 g/mol. The monoisotopic (exact) mass is 252 g/mol. The lowest BCUT2D eigenvalue weighted by Crippen LogP contribution is -2.41. The number of nitrogens with zero attached hydrogens (tertiary/aromatic N) is 1. The van der Waals surface area contributed by atoms with E-state index in [0.717, 1.165) is 0 Å². The average Bonchev–Trinajstić information content (AvgIpc) is 1.76. The second kappa shape index (κ2) is 3.07. The molecule has 1 atom stereocenters. The van der Waals surface area contributed by atoms with Gasteiger partial charge in [0, 0.05) is 5.75 Å². The fraction of sp³-hybridized carbons (Fsp3) is 1.00. The van der Waals surface area contributed by atoms with Crippen LogP contribution in [0.25, 0.3) is 4.13 Å². The first kappa shape index (κ1) is 11.7. The van der Waals surface area contributed by atoms with Gasteiger partial charge in [-0.2, -0.15) is 13.2 Å². The Morgan fingerprint density at radius 2 is 1.64 bits per heavy atom. The van der Waals surface area contributed by atoms with Crippen LogP contribution < -0.4 is 0 Å². The molecule has 14 heavy (non-hydrogen) atoms. The normalized spacial score (nSPS) is 31.2. The predicted molar refractivity (Wildman–Crippen MR) is 40.5 cm³/mol. The molecular formula is C4H5F3NO4S2-. The lowest BCUT2D eigenvalue weighted by molar-refractivity contribution is -0.130. The summed E-state index contributed by atoms with van der Waals surface area (Å²) in [6.07, 6.45) is -5.96. The zero-order valence-electron chi connectivity index (χ0n) is 6.52. The van der Waals surface area contributed by atoms with Crippen LogP contribution in [-0.4, -0.2) is 34.0 Å². The molecule has 1 heterocycles. The van der Waals surface area contributed by atoms with Gasteiger partial charge in [-0.05, 0) is 6.42 Å². The highest BCUT2D eigenvalue weighted by atomic mass is 32.3. The maximum Gasteiger partial charge on any atom is 0.403 e. The Hall–Kier alpha value is -0.350. The second-order valence-corrected chi connectivity index (χ2v) is 6.46. The van der Waals surface area contributed by atoms with E-state index >= 15 is 0 Å². The van der Waals surface area contributed by atoms with Gasteiger partial charge in [0.2, 0.25) is 0 Å². The van der Waals surface area contributed by atoms with Crippen molar-refractivity contribution < 1.29 is 30.0 Å². The molecule has 0 bridgehead atoms. The maximum atomic E-state index is 12.1. The number of halogens is 3. The number of alkyl halides is 3. The van der Waals surface area contributed by atoms with E-state index in [1.54, 1.807) is 0 Å². The first-order chi connectivity index (χ1) is 6.05. The van der Waals surface area contributed by atoms with E-state index in [1.165, 1.54) is 0 Å². The molecule has 0 aromatic carbocycles. The minimum absolute atomic E-state index is 0.892. The van der Waals surface area contributed by atoms with Crippen molar-refractivity contribution in [2.24, 2.45) is 0 Å². The zero-order chi connectivity index (χ0) is 11.2. The molecule has 0 amide bonds. The minimum Gasteiger partial charge on any atom is -0.436 e. The summed E-state index contributed by atoms with van der Waals surface area (Å²) in [4.78, 5) is 0. The quantitative estimate of drug-likeness (QED) is 0.623. The molecule has 0 aromatic rings. The van der Waals surface area contributed by atoms with Crippen molar-refractivity contribution in [1.82, 2.24) is 0 Å². The van der Waals surface area contributed by atoms with Crippen LogP contribution in [-0.2, 0) is 20.0 Å². The third-order valence-electron chi connectivity index (χ3n) is 1.58. The van der Waals surface area contributed by atoms with Gasteiger partial charge >= 0.3 is 6.18 Å². The number of hydrogen-bond donors (Lipinski definition) is 0. The molecule has 1 fully saturated rings. The molecule has 84 valence electrons. The Morgan fingerprint density at radius 1 is 1.14 bits per heavy atom. The summed E-state index contributed by atoms with van der Waals surface area (Å²) in [6.45, 7) is 0. The second-order valence-electron chi connectivity index (χ2n) is 2.69. The summed E-state index contributed by atoms with van der Waals surface area (Å²) < 4.78 is 81.2. The van der Waals surface area contributed by atoms with Crippen molar-refractivity contribution in [2.45, 2.75) is 17.8 Å². The molecule has 1 aliphatic heterocycles. The number of rotatable bonds is 0. The Bertz CT molecular complexity index is 422. The fourth-order valence-corrected chi connectivity index (χ4v) is 4.40. The smallest absolute Gasteiger partial charge is 0.403 e. The topological polar surface area (TPSA) is 82.4 Å². The third-order valence-corrected chi connectivity index (χ3v) is 5.29. The van der Waals surface area contributed by atoms with E-state index in [9.17, 15) is 30.0 Å². The Morgan fingerprint density at radius 3 is 2.00 bits per heavy atom. The van der Waals surface area contributed by atoms with Crippen LogP contribution in [0.4, 0.5) is 13.2 Å². The maximum absolute atomic E-state index is 12.1. The van der Waals surface area contributed by atoms with Gasteiger partial charge in [0.1, 0.15) is 5.25 Å². The molecule has 1 rings (SSSR count). The highest BCUT2D eigenvalue weighted by Crippen LogP contribution is 2.36. The number of hydrogen-bond acceptors (Lipinski definition) is 4. The summed E-state index contributed by atoms with van der Waals surface area (Å²) in [6, 6.07) is 0. The number of sulfonamides is 2. The Kier molecular flexibility index (Phi) is 2.57. The summed E-state index contributed by atoms with van der Waals surface area (Å²) in [5.74, 6) is -0.892. The van der Waals surface area contributed by atoms with E-state index in [4.69, 9.17) is 0 Å². The molecule has 1 saturated heterocycles. The SMILES string of the molecule is O=S1(=O)CCC(C(F)(F)F)S(=O)(=O)[N-]1. The van der Waals surface area contributed by atoms with E-state index in [2.05, 4.69) is 4.13 Å². The van der Waals surface area contributed by atoms with Gasteiger partial charge in [0.15, 0.2) is 0 Å². The molecule has 1 unspecified atom stereocenters. The van der Waals surface area contributed by atoms with E-state index in [0.29, 0.717) is 0 Å². The predicted octanol–water partition coefficient (Wildman–Crippen LogP) is 0.354. The highest BCUT2D eigenvalue weighted by Gasteiger charge is 2.47. The third kappa shape index (κ3) is 2.36. The summed E-state index contributed by atoms with van der Waals surface area (Å²) in [5.41, 5.74) is 0. The largest absolute Gasteiger partial charge is 0.436 e. The Labute approximate surface area is 78.4 Å². The van der Waals surface area contributed by atoms with Gasteiger partial charge in [-0.25, -0.2) is 16.8 Å². The van der Waals surface area contributed by atoms with Gasteiger partial charge in [-0.3, -0.25) is 0 Å². The van der Waals surface area contributed by atoms with Crippen LogP contribution >= 0.6 is 0 Å². The van der Waals surface area contributed by atoms with Gasteiger partial charge in [0.05, 0.1) is 20.0 Å². The molecule has 0 N–H and O–H groups in total. The lowest BCUT2D eigenvalue weighted by atomic mass is 10.3. The minimum atomic E-state index is -4.98. The van der Waals surface area contributed by atoms with E-state index < -0.39 is 43.6 Å². The van der Waals surface area contributed by atoms with Crippen LogP contribution in [0, 0.1) is 0 Å². The van der Waals surface area contributed by atoms with Crippen molar-refractivity contribution in [2.75, 3.05) is 5.75 Å². The van der Waals surface area contributed by atoms with Crippen LogP contribution in [0.1, 0.15) is 6.42 Å². The molecule has 0 aromatic heterocycles. The summed E-state index contributed by atoms with van der Waals surface area (Å²) >= 11 is 0. The fourth-order valence-electron chi connectivity index (χ4n) is 0.985. The van der Waals surface area contributed by atoms with E-state index in [-0.39, 0.29) is 0 Å². The van der Waals surface area contributed by atoms with Crippen LogP contribution in [0.3, 0.4) is 0 Å². The first-order valence-electron chi connectivity index (χ1n) is 3.32. The lowest BCUT2D eigenvalue weighted by Gasteiger charge is -2.33. The van der Waals surface area contributed by atoms with Crippen molar-refractivity contribution >= 4 is 20.0 Å². The van der Waals surface area contributed by atoms with Crippen molar-refractivity contribution in [3.05, 3.63) is 4.13 Å². The molecule has 0 saturated carbocycles. The molecule has 5 nitrogen and oxygen atoms in total. The van der Waals surface area contributed by atoms with Crippen LogP contribution in [0.5, 0.6) is 0 Å². The first-order valence-corrected chi connectivity index (χ1v) is 6.43. The molecule has 0 spiro atoms. The van der Waals surface area contributed by atoms with E-state index in [1.807, 2.05) is 0 Å². The van der Waals surface area contributed by atoms with Crippen molar-refractivity contribution in [3.63, 3.8) is 0 Å². The van der Waals surface area contributed by atoms with Crippen molar-refractivity contribution in [1.29, 1.82) is 0 Å². The van der Waals surface area contributed by atoms with Crippen molar-refractivity contribution in [3.8, 4) is 0 Å². The molecule has 10 heteroatoms. The molecule has 0 radical (unpaired) electrons. The van der Waals surface area contributed by atoms with Gasteiger partial charge in [0.25, 0.3) is 0 Å². The van der Waals surface area contributed by atoms with Gasteiger partial charge in [-0.15, -0.1) is 0 Å². The van der Waals surface area contributed by atoms with Gasteiger partial charge < -0.3 is 4.13 Å². The standard InChI is InChI=1S/C4H5F3NO4S2/c5-4(6,7)3-1-2-13(9,10)8-14(3,11)12/h3H,1-2H2/q-1. The Balaban J connectivity index is 3.08. The van der Waals surface area contributed by atoms with Gasteiger partial charge in [-0.1, -0.05) is 0 Å². The highest BCUT2D eigenvalue weighted by molar-refractivity contribution is 8.13. The molecule has 0 aliphatic carbocycles. The molecule has 1 aliphatic rings. The summed E-state index contributed by atoms with van der Waals surface area (Å²) in [7, 11) is -9.22. The van der Waals surface area contributed by atoms with Crippen LogP contribution in [0.15, 0.2) is 0 Å². The summed E-state index contributed by atoms with van der Waals surface area (Å²) in [5, 5.41) is -2.70. The average molecular weight is 252 g/mol. The van der Waals surface area contributed by atoms with Crippen LogP contribution in [0.2, 0.25) is 0 Å². The zero-order valence-corrected chi connectivity index (χ0v) is 8.16.